The van der Waals surface area contributed by atoms with Gasteiger partial charge in [0.1, 0.15) is 23.4 Å². The molecule has 3 aromatic rings. The summed E-state index contributed by atoms with van der Waals surface area (Å²) < 4.78 is 19.4. The van der Waals surface area contributed by atoms with Crippen molar-refractivity contribution in [2.75, 3.05) is 33.3 Å². The maximum Gasteiger partial charge on any atom is 0.238 e. The van der Waals surface area contributed by atoms with Crippen molar-refractivity contribution >= 4 is 22.5 Å². The largest absolute Gasteiger partial charge is 0.496 e. The number of aliphatic hydroxyl groups is 1. The van der Waals surface area contributed by atoms with Crippen LogP contribution in [0.5, 0.6) is 5.75 Å². The Kier molecular flexibility index (Phi) is 4.95. The zero-order valence-corrected chi connectivity index (χ0v) is 17.1. The molecule has 0 bridgehead atoms. The van der Waals surface area contributed by atoms with Crippen LogP contribution in [0.4, 0.5) is 4.39 Å². The first kappa shape index (κ1) is 19.7. The Balaban J connectivity index is 1.40. The third-order valence-electron chi connectivity index (χ3n) is 5.99. The van der Waals surface area contributed by atoms with Gasteiger partial charge >= 0.3 is 0 Å². The highest BCUT2D eigenvalue weighted by Crippen LogP contribution is 2.36. The number of aliphatic hydroxyl groups excluding tert-OH is 1. The third kappa shape index (κ3) is 3.58. The van der Waals surface area contributed by atoms with Crippen molar-refractivity contribution in [2.24, 2.45) is 0 Å². The van der Waals surface area contributed by atoms with Gasteiger partial charge in [0.05, 0.1) is 13.7 Å². The van der Waals surface area contributed by atoms with Crippen molar-refractivity contribution in [2.45, 2.75) is 12.6 Å². The lowest BCUT2D eigenvalue weighted by atomic mass is 10.0. The van der Waals surface area contributed by atoms with Crippen LogP contribution in [0.15, 0.2) is 42.6 Å². The van der Waals surface area contributed by atoms with Gasteiger partial charge in [0.15, 0.2) is 0 Å². The van der Waals surface area contributed by atoms with E-state index in [9.17, 15) is 14.3 Å². The number of benzene rings is 1. The maximum atomic E-state index is 13.9. The zero-order valence-electron chi connectivity index (χ0n) is 17.1. The van der Waals surface area contributed by atoms with E-state index in [1.54, 1.807) is 19.4 Å². The minimum atomic E-state index is -0.638. The summed E-state index contributed by atoms with van der Waals surface area (Å²) in [5.41, 5.74) is 4.21. The number of methoxy groups -OCH3 is 1. The van der Waals surface area contributed by atoms with Crippen LogP contribution >= 0.6 is 0 Å². The van der Waals surface area contributed by atoms with Crippen LogP contribution < -0.4 is 4.74 Å². The molecule has 7 nitrogen and oxygen atoms in total. The molecule has 8 heteroatoms. The first-order valence-corrected chi connectivity index (χ1v) is 10.2. The van der Waals surface area contributed by atoms with Crippen LogP contribution in [0.3, 0.4) is 0 Å². The smallest absolute Gasteiger partial charge is 0.238 e. The molecule has 2 aliphatic rings. The molecule has 2 aliphatic heterocycles. The number of aromatic amines is 1. The molecule has 1 saturated heterocycles. The second-order valence-corrected chi connectivity index (χ2v) is 7.90. The maximum absolute atomic E-state index is 13.9. The molecule has 1 amide bonds. The van der Waals surface area contributed by atoms with Gasteiger partial charge in [-0.15, -0.1) is 0 Å². The van der Waals surface area contributed by atoms with Crippen molar-refractivity contribution in [3.63, 3.8) is 0 Å². The lowest BCUT2D eigenvalue weighted by Crippen LogP contribution is -2.53. The summed E-state index contributed by atoms with van der Waals surface area (Å²) in [6.45, 7) is 2.19. The van der Waals surface area contributed by atoms with Crippen molar-refractivity contribution in [1.82, 2.24) is 19.8 Å². The highest BCUT2D eigenvalue weighted by atomic mass is 19.1. The summed E-state index contributed by atoms with van der Waals surface area (Å²) >= 11 is 0. The highest BCUT2D eigenvalue weighted by molar-refractivity contribution is 5.97. The molecule has 0 aliphatic carbocycles. The SMILES string of the molecule is COc1ccc(F)cc1-c1ccnc2[nH]c(C3=CCN(CC(=O)N4CCC4O)C3)cc12. The van der Waals surface area contributed by atoms with Crippen molar-refractivity contribution in [3.05, 3.63) is 54.1 Å². The first-order valence-electron chi connectivity index (χ1n) is 10.2. The number of carbonyl (C=O) groups is 1. The van der Waals surface area contributed by atoms with Gasteiger partial charge in [0, 0.05) is 48.9 Å². The summed E-state index contributed by atoms with van der Waals surface area (Å²) in [4.78, 5) is 23.6. The monoisotopic (exact) mass is 422 g/mol. The molecular weight excluding hydrogens is 399 g/mol. The number of rotatable bonds is 5. The number of pyridine rings is 1. The fourth-order valence-corrected chi connectivity index (χ4v) is 4.20. The Morgan fingerprint density at radius 2 is 2.19 bits per heavy atom. The molecule has 1 aromatic carbocycles. The topological polar surface area (TPSA) is 81.7 Å². The number of H-pyrrole nitrogens is 1. The zero-order chi connectivity index (χ0) is 21.5. The van der Waals surface area contributed by atoms with E-state index >= 15 is 0 Å². The Morgan fingerprint density at radius 1 is 1.32 bits per heavy atom. The van der Waals surface area contributed by atoms with Crippen molar-refractivity contribution < 1.29 is 19.0 Å². The number of amides is 1. The molecule has 0 radical (unpaired) electrons. The number of hydrogen-bond acceptors (Lipinski definition) is 5. The minimum Gasteiger partial charge on any atom is -0.496 e. The number of hydrogen-bond donors (Lipinski definition) is 2. The third-order valence-corrected chi connectivity index (χ3v) is 5.99. The van der Waals surface area contributed by atoms with Crippen LogP contribution in [0.2, 0.25) is 0 Å². The van der Waals surface area contributed by atoms with E-state index in [0.29, 0.717) is 43.0 Å². The molecule has 0 saturated carbocycles. The van der Waals surface area contributed by atoms with Gasteiger partial charge in [-0.25, -0.2) is 9.37 Å². The number of halogens is 1. The van der Waals surface area contributed by atoms with E-state index in [1.165, 1.54) is 17.0 Å². The number of fused-ring (bicyclic) bond motifs is 1. The van der Waals surface area contributed by atoms with E-state index in [-0.39, 0.29) is 18.3 Å². The summed E-state index contributed by atoms with van der Waals surface area (Å²) in [5, 5.41) is 10.5. The van der Waals surface area contributed by atoms with Crippen LogP contribution in [-0.4, -0.2) is 70.3 Å². The normalized spacial score (nSPS) is 18.9. The second-order valence-electron chi connectivity index (χ2n) is 7.90. The molecule has 5 rings (SSSR count). The molecule has 160 valence electrons. The van der Waals surface area contributed by atoms with E-state index in [0.717, 1.165) is 22.2 Å². The van der Waals surface area contributed by atoms with E-state index < -0.39 is 6.23 Å². The first-order chi connectivity index (χ1) is 15.0. The molecule has 2 aromatic heterocycles. The van der Waals surface area contributed by atoms with Crippen molar-refractivity contribution in [3.8, 4) is 16.9 Å². The summed E-state index contributed by atoms with van der Waals surface area (Å²) in [7, 11) is 1.57. The van der Waals surface area contributed by atoms with Crippen LogP contribution in [0.25, 0.3) is 27.7 Å². The molecule has 1 unspecified atom stereocenters. The molecule has 31 heavy (non-hydrogen) atoms. The minimum absolute atomic E-state index is 0.0489. The number of ether oxygens (including phenoxy) is 1. The average molecular weight is 422 g/mol. The lowest BCUT2D eigenvalue weighted by molar-refractivity contribution is -0.155. The van der Waals surface area contributed by atoms with Crippen molar-refractivity contribution in [1.29, 1.82) is 0 Å². The Bertz CT molecular complexity index is 1190. The second kappa shape index (κ2) is 7.79. The van der Waals surface area contributed by atoms with Gasteiger partial charge in [-0.3, -0.25) is 9.69 Å². The van der Waals surface area contributed by atoms with Gasteiger partial charge in [0.2, 0.25) is 5.91 Å². The van der Waals surface area contributed by atoms with Gasteiger partial charge in [-0.05, 0) is 41.5 Å². The average Bonchev–Trinajstić information content (AvgIpc) is 3.39. The Morgan fingerprint density at radius 3 is 2.94 bits per heavy atom. The molecule has 1 fully saturated rings. The Hall–Kier alpha value is -3.23. The predicted molar refractivity (Wildman–Crippen MR) is 115 cm³/mol. The number of likely N-dealkylation sites (tertiary alicyclic amines) is 1. The van der Waals surface area contributed by atoms with Crippen LogP contribution in [0.1, 0.15) is 12.1 Å². The number of nitrogens with zero attached hydrogens (tertiary/aromatic N) is 3. The Labute approximate surface area is 178 Å². The number of aromatic nitrogens is 2. The van der Waals surface area contributed by atoms with Gasteiger partial charge in [-0.1, -0.05) is 6.08 Å². The van der Waals surface area contributed by atoms with E-state index in [4.69, 9.17) is 4.74 Å². The summed E-state index contributed by atoms with van der Waals surface area (Å²) in [5.74, 6) is 0.212. The highest BCUT2D eigenvalue weighted by Gasteiger charge is 2.31. The van der Waals surface area contributed by atoms with E-state index in [1.807, 2.05) is 17.0 Å². The van der Waals surface area contributed by atoms with Gasteiger partial charge < -0.3 is 19.7 Å². The number of nitrogens with one attached hydrogen (secondary N) is 1. The molecule has 4 heterocycles. The molecule has 1 atom stereocenters. The van der Waals surface area contributed by atoms with E-state index in [2.05, 4.69) is 16.0 Å². The summed E-state index contributed by atoms with van der Waals surface area (Å²) in [6, 6.07) is 8.32. The fourth-order valence-electron chi connectivity index (χ4n) is 4.20. The predicted octanol–water partition coefficient (Wildman–Crippen LogP) is 2.63. The molecular formula is C23H23FN4O3. The van der Waals surface area contributed by atoms with Crippen LogP contribution in [-0.2, 0) is 4.79 Å². The lowest BCUT2D eigenvalue weighted by Gasteiger charge is -2.37. The van der Waals surface area contributed by atoms with Crippen LogP contribution in [0, 0.1) is 5.82 Å². The number of carbonyl (C=O) groups excluding carboxylic acids is 1. The molecule has 0 spiro atoms. The quantitative estimate of drug-likeness (QED) is 0.661. The van der Waals surface area contributed by atoms with Gasteiger partial charge in [-0.2, -0.15) is 0 Å². The fraction of sp³-hybridized carbons (Fsp3) is 0.304. The van der Waals surface area contributed by atoms with Gasteiger partial charge in [0.25, 0.3) is 0 Å². The summed E-state index contributed by atoms with van der Waals surface area (Å²) in [6.07, 6.45) is 3.79. The standard InChI is InChI=1S/C23H23FN4O3/c1-31-20-3-2-15(24)10-17(20)16-4-7-25-23-18(16)11-19(26-23)14-5-8-27(12-14)13-22(30)28-9-6-21(28)29/h2-5,7,10-11,21,29H,6,8-9,12-13H2,1H3,(H,25,26). The molecule has 2 N–H and O–H groups in total.